The van der Waals surface area contributed by atoms with Crippen LogP contribution in [0, 0.1) is 0 Å². The van der Waals surface area contributed by atoms with Crippen LogP contribution in [-0.2, 0) is 11.3 Å². The molecule has 0 unspecified atom stereocenters. The van der Waals surface area contributed by atoms with Gasteiger partial charge in [-0.1, -0.05) is 48.5 Å². The van der Waals surface area contributed by atoms with Crippen molar-refractivity contribution in [1.82, 2.24) is 9.88 Å². The van der Waals surface area contributed by atoms with E-state index in [-0.39, 0.29) is 17.7 Å². The third-order valence-corrected chi connectivity index (χ3v) is 4.96. The summed E-state index contributed by atoms with van der Waals surface area (Å²) in [6.45, 7) is 0.269. The first-order chi connectivity index (χ1) is 12.2. The minimum Gasteiger partial charge on any atom is -0.268 e. The summed E-state index contributed by atoms with van der Waals surface area (Å²) in [5, 5.41) is 1.90. The lowest BCUT2D eigenvalue weighted by molar-refractivity contribution is -0.123. The Kier molecular flexibility index (Phi) is 4.07. The van der Waals surface area contributed by atoms with E-state index in [2.05, 4.69) is 4.98 Å². The highest BCUT2D eigenvalue weighted by Gasteiger charge is 2.35. The SMILES string of the molecule is O=C1S/C(=C\c2ccccn2)C(=O)N1Cc1cccc2ccccc12. The molecule has 2 heterocycles. The molecule has 1 aliphatic rings. The Morgan fingerprint density at radius 1 is 0.960 bits per heavy atom. The number of benzene rings is 2. The van der Waals surface area contributed by atoms with Gasteiger partial charge in [0, 0.05) is 6.20 Å². The minimum absolute atomic E-state index is 0.250. The Morgan fingerprint density at radius 2 is 1.76 bits per heavy atom. The zero-order valence-corrected chi connectivity index (χ0v) is 14.1. The Balaban J connectivity index is 1.64. The summed E-state index contributed by atoms with van der Waals surface area (Å²) in [6, 6.07) is 19.3. The lowest BCUT2D eigenvalue weighted by Crippen LogP contribution is -2.27. The molecule has 4 rings (SSSR count). The summed E-state index contributed by atoms with van der Waals surface area (Å²) in [5.74, 6) is -0.270. The Labute approximate surface area is 149 Å². The summed E-state index contributed by atoms with van der Waals surface area (Å²) < 4.78 is 0. The number of aromatic nitrogens is 1. The van der Waals surface area contributed by atoms with E-state index in [1.165, 1.54) is 4.90 Å². The zero-order chi connectivity index (χ0) is 17.2. The standard InChI is InChI=1S/C20H14N2O2S/c23-19-18(12-16-9-3-4-11-21-16)25-20(24)22(19)13-15-8-5-7-14-6-1-2-10-17(14)15/h1-12H,13H2/b18-12-. The molecule has 1 aliphatic heterocycles. The smallest absolute Gasteiger partial charge is 0.268 e. The molecular weight excluding hydrogens is 332 g/mol. The van der Waals surface area contributed by atoms with Crippen molar-refractivity contribution in [1.29, 1.82) is 0 Å². The van der Waals surface area contributed by atoms with Gasteiger partial charge in [-0.25, -0.2) is 0 Å². The molecule has 0 radical (unpaired) electrons. The molecule has 3 aromatic rings. The molecule has 1 saturated heterocycles. The van der Waals surface area contributed by atoms with E-state index in [1.807, 2.05) is 54.6 Å². The average Bonchev–Trinajstić information content (AvgIpc) is 2.90. The van der Waals surface area contributed by atoms with Crippen molar-refractivity contribution in [3.8, 4) is 0 Å². The van der Waals surface area contributed by atoms with Gasteiger partial charge in [0.15, 0.2) is 0 Å². The van der Waals surface area contributed by atoms with Gasteiger partial charge in [-0.3, -0.25) is 19.5 Å². The zero-order valence-electron chi connectivity index (χ0n) is 13.3. The normalized spacial score (nSPS) is 16.2. The fraction of sp³-hybridized carbons (Fsp3) is 0.0500. The van der Waals surface area contributed by atoms with Gasteiger partial charge in [0.25, 0.3) is 11.1 Å². The predicted molar refractivity (Wildman–Crippen MR) is 99.7 cm³/mol. The molecule has 25 heavy (non-hydrogen) atoms. The highest BCUT2D eigenvalue weighted by molar-refractivity contribution is 8.18. The van der Waals surface area contributed by atoms with Crippen LogP contribution >= 0.6 is 11.8 Å². The van der Waals surface area contributed by atoms with E-state index >= 15 is 0 Å². The second-order valence-corrected chi connectivity index (χ2v) is 6.65. The molecule has 0 N–H and O–H groups in total. The molecule has 1 aromatic heterocycles. The van der Waals surface area contributed by atoms with Crippen molar-refractivity contribution in [3.63, 3.8) is 0 Å². The van der Waals surface area contributed by atoms with E-state index in [1.54, 1.807) is 18.3 Å². The number of rotatable bonds is 3. The van der Waals surface area contributed by atoms with E-state index in [0.29, 0.717) is 10.6 Å². The van der Waals surface area contributed by atoms with E-state index in [9.17, 15) is 9.59 Å². The predicted octanol–water partition coefficient (Wildman–Crippen LogP) is 4.47. The van der Waals surface area contributed by atoms with Crippen LogP contribution in [0.5, 0.6) is 0 Å². The lowest BCUT2D eigenvalue weighted by atomic mass is 10.0. The summed E-state index contributed by atoms with van der Waals surface area (Å²) in [5.41, 5.74) is 1.62. The van der Waals surface area contributed by atoms with Crippen molar-refractivity contribution >= 4 is 39.8 Å². The van der Waals surface area contributed by atoms with Crippen molar-refractivity contribution in [2.24, 2.45) is 0 Å². The molecule has 122 valence electrons. The number of carbonyl (C=O) groups excluding carboxylic acids is 2. The van der Waals surface area contributed by atoms with Crippen molar-refractivity contribution in [2.75, 3.05) is 0 Å². The van der Waals surface area contributed by atoms with Crippen LogP contribution in [0.15, 0.2) is 71.8 Å². The molecule has 2 amide bonds. The van der Waals surface area contributed by atoms with Crippen LogP contribution in [0.3, 0.4) is 0 Å². The number of fused-ring (bicyclic) bond motifs is 1. The molecule has 0 saturated carbocycles. The van der Waals surface area contributed by atoms with Gasteiger partial charge in [-0.15, -0.1) is 0 Å². The Bertz CT molecular complexity index is 994. The highest BCUT2D eigenvalue weighted by Crippen LogP contribution is 2.33. The maximum Gasteiger partial charge on any atom is 0.293 e. The number of thioether (sulfide) groups is 1. The molecule has 0 aliphatic carbocycles. The maximum atomic E-state index is 12.6. The van der Waals surface area contributed by atoms with Crippen LogP contribution in [0.2, 0.25) is 0 Å². The summed E-state index contributed by atoms with van der Waals surface area (Å²) in [6.07, 6.45) is 3.32. The van der Waals surface area contributed by atoms with Crippen LogP contribution < -0.4 is 0 Å². The van der Waals surface area contributed by atoms with Crippen LogP contribution in [-0.4, -0.2) is 21.0 Å². The number of pyridine rings is 1. The van der Waals surface area contributed by atoms with Gasteiger partial charge in [-0.05, 0) is 46.3 Å². The number of amides is 2. The molecule has 1 fully saturated rings. The first kappa shape index (κ1) is 15.6. The van der Waals surface area contributed by atoms with Gasteiger partial charge < -0.3 is 0 Å². The summed E-state index contributed by atoms with van der Waals surface area (Å²) >= 11 is 0.960. The number of carbonyl (C=O) groups is 2. The van der Waals surface area contributed by atoms with Crippen molar-refractivity contribution < 1.29 is 9.59 Å². The quantitative estimate of drug-likeness (QED) is 0.657. The van der Waals surface area contributed by atoms with E-state index in [0.717, 1.165) is 28.1 Å². The Morgan fingerprint density at radius 3 is 2.60 bits per heavy atom. The monoisotopic (exact) mass is 346 g/mol. The summed E-state index contributed by atoms with van der Waals surface area (Å²) in [7, 11) is 0. The first-order valence-corrected chi connectivity index (χ1v) is 8.67. The van der Waals surface area contributed by atoms with Crippen LogP contribution in [0.25, 0.3) is 16.8 Å². The van der Waals surface area contributed by atoms with E-state index in [4.69, 9.17) is 0 Å². The molecule has 0 atom stereocenters. The second-order valence-electron chi connectivity index (χ2n) is 5.66. The first-order valence-electron chi connectivity index (χ1n) is 7.85. The largest absolute Gasteiger partial charge is 0.293 e. The van der Waals surface area contributed by atoms with Crippen molar-refractivity contribution in [3.05, 3.63) is 83.0 Å². The van der Waals surface area contributed by atoms with Gasteiger partial charge in [0.2, 0.25) is 0 Å². The average molecular weight is 346 g/mol. The lowest BCUT2D eigenvalue weighted by Gasteiger charge is -2.14. The third kappa shape index (κ3) is 3.06. The molecule has 0 spiro atoms. The molecule has 0 bridgehead atoms. The van der Waals surface area contributed by atoms with Gasteiger partial charge in [0.1, 0.15) is 0 Å². The molecule has 4 nitrogen and oxygen atoms in total. The Hall–Kier alpha value is -2.92. The van der Waals surface area contributed by atoms with Crippen LogP contribution in [0.4, 0.5) is 4.79 Å². The fourth-order valence-corrected chi connectivity index (χ4v) is 3.66. The van der Waals surface area contributed by atoms with Gasteiger partial charge in [-0.2, -0.15) is 0 Å². The topological polar surface area (TPSA) is 50.3 Å². The van der Waals surface area contributed by atoms with Gasteiger partial charge >= 0.3 is 0 Å². The summed E-state index contributed by atoms with van der Waals surface area (Å²) in [4.78, 5) is 30.9. The number of nitrogens with zero attached hydrogens (tertiary/aromatic N) is 2. The van der Waals surface area contributed by atoms with Gasteiger partial charge in [0.05, 0.1) is 17.1 Å². The van der Waals surface area contributed by atoms with E-state index < -0.39 is 0 Å². The van der Waals surface area contributed by atoms with Crippen LogP contribution in [0.1, 0.15) is 11.3 Å². The third-order valence-electron chi connectivity index (χ3n) is 4.05. The number of hydrogen-bond acceptors (Lipinski definition) is 4. The fourth-order valence-electron chi connectivity index (χ4n) is 2.83. The van der Waals surface area contributed by atoms with Crippen molar-refractivity contribution in [2.45, 2.75) is 6.54 Å². The number of imide groups is 1. The molecule has 2 aromatic carbocycles. The molecule has 5 heteroatoms. The second kappa shape index (κ2) is 6.53. The molecular formula is C20H14N2O2S. The number of hydrogen-bond donors (Lipinski definition) is 0. The maximum absolute atomic E-state index is 12.6. The minimum atomic E-state index is -0.270. The highest BCUT2D eigenvalue weighted by atomic mass is 32.2.